The standard InChI is InChI=1S/C16H14ClNO2S2/c17-11-6-4-5-10(9-11)13-14(16(18)21)15(13)22(19,20)12-7-2-1-3-8-12/h1-9,13-15H,(H2,18,21)/t13-,14-,15-/m0/s1. The van der Waals surface area contributed by atoms with Gasteiger partial charge in [-0.3, -0.25) is 0 Å². The van der Waals surface area contributed by atoms with Crippen LogP contribution in [0, 0.1) is 5.92 Å². The topological polar surface area (TPSA) is 60.2 Å². The van der Waals surface area contributed by atoms with E-state index in [1.165, 1.54) is 0 Å². The predicted octanol–water partition coefficient (Wildman–Crippen LogP) is 3.18. The number of nitrogens with two attached hydrogens (primary N) is 1. The van der Waals surface area contributed by atoms with Gasteiger partial charge < -0.3 is 5.73 Å². The van der Waals surface area contributed by atoms with Crippen LogP contribution in [0.25, 0.3) is 0 Å². The second-order valence-electron chi connectivity index (χ2n) is 5.33. The molecule has 0 aliphatic heterocycles. The van der Waals surface area contributed by atoms with E-state index in [0.717, 1.165) is 5.56 Å². The molecule has 114 valence electrons. The van der Waals surface area contributed by atoms with Crippen molar-refractivity contribution in [3.63, 3.8) is 0 Å². The summed E-state index contributed by atoms with van der Waals surface area (Å²) in [6, 6.07) is 15.6. The lowest BCUT2D eigenvalue weighted by Crippen LogP contribution is -2.17. The monoisotopic (exact) mass is 351 g/mol. The van der Waals surface area contributed by atoms with Crippen LogP contribution in [0.3, 0.4) is 0 Å². The molecule has 0 spiro atoms. The Bertz CT molecular complexity index is 821. The lowest BCUT2D eigenvalue weighted by atomic mass is 10.1. The van der Waals surface area contributed by atoms with Crippen molar-refractivity contribution in [2.45, 2.75) is 16.1 Å². The number of thiocarbonyl (C=S) groups is 1. The minimum absolute atomic E-state index is 0.231. The molecule has 2 aromatic rings. The molecular weight excluding hydrogens is 338 g/mol. The van der Waals surface area contributed by atoms with Gasteiger partial charge in [0.15, 0.2) is 9.84 Å². The molecule has 0 amide bonds. The van der Waals surface area contributed by atoms with Crippen LogP contribution >= 0.6 is 23.8 Å². The van der Waals surface area contributed by atoms with Gasteiger partial charge in [0.05, 0.1) is 15.1 Å². The van der Waals surface area contributed by atoms with E-state index in [-0.39, 0.29) is 16.8 Å². The summed E-state index contributed by atoms with van der Waals surface area (Å²) in [5.41, 5.74) is 6.62. The van der Waals surface area contributed by atoms with Gasteiger partial charge in [-0.05, 0) is 29.8 Å². The zero-order valence-electron chi connectivity index (χ0n) is 11.5. The van der Waals surface area contributed by atoms with Gasteiger partial charge in [0.25, 0.3) is 0 Å². The first-order valence-corrected chi connectivity index (χ1v) is 9.10. The summed E-state index contributed by atoms with van der Waals surface area (Å²) in [6.45, 7) is 0. The molecule has 1 aliphatic carbocycles. The van der Waals surface area contributed by atoms with Crippen LogP contribution in [0.15, 0.2) is 59.5 Å². The Morgan fingerprint density at radius 2 is 1.77 bits per heavy atom. The van der Waals surface area contributed by atoms with E-state index in [0.29, 0.717) is 9.92 Å². The smallest absolute Gasteiger partial charge is 0.182 e. The highest BCUT2D eigenvalue weighted by atomic mass is 35.5. The quantitative estimate of drug-likeness (QED) is 0.859. The third-order valence-corrected chi connectivity index (χ3v) is 6.69. The van der Waals surface area contributed by atoms with Crippen molar-refractivity contribution in [2.24, 2.45) is 11.7 Å². The first-order chi connectivity index (χ1) is 10.4. The van der Waals surface area contributed by atoms with Crippen molar-refractivity contribution in [1.82, 2.24) is 0 Å². The van der Waals surface area contributed by atoms with Gasteiger partial charge in [0.2, 0.25) is 0 Å². The summed E-state index contributed by atoms with van der Waals surface area (Å²) in [6.07, 6.45) is 0. The second kappa shape index (κ2) is 5.65. The number of halogens is 1. The highest BCUT2D eigenvalue weighted by Crippen LogP contribution is 2.54. The maximum absolute atomic E-state index is 12.8. The van der Waals surface area contributed by atoms with Gasteiger partial charge in [-0.15, -0.1) is 0 Å². The Morgan fingerprint density at radius 3 is 2.36 bits per heavy atom. The number of hydrogen-bond acceptors (Lipinski definition) is 3. The molecule has 0 saturated heterocycles. The summed E-state index contributed by atoms with van der Waals surface area (Å²) in [5, 5.41) is -0.0483. The lowest BCUT2D eigenvalue weighted by Gasteiger charge is -2.04. The highest BCUT2D eigenvalue weighted by Gasteiger charge is 2.60. The summed E-state index contributed by atoms with van der Waals surface area (Å²) in [5.74, 6) is -0.583. The van der Waals surface area contributed by atoms with Gasteiger partial charge in [-0.25, -0.2) is 8.42 Å². The van der Waals surface area contributed by atoms with Gasteiger partial charge in [0.1, 0.15) is 0 Å². The van der Waals surface area contributed by atoms with Gasteiger partial charge in [0, 0.05) is 16.9 Å². The van der Waals surface area contributed by atoms with E-state index in [2.05, 4.69) is 0 Å². The average Bonchev–Trinajstić information content (AvgIpc) is 3.25. The summed E-state index contributed by atoms with van der Waals surface area (Å²) in [7, 11) is -3.48. The summed E-state index contributed by atoms with van der Waals surface area (Å²) < 4.78 is 25.7. The number of benzene rings is 2. The SMILES string of the molecule is NC(=S)[C@H]1[C@H](c2cccc(Cl)c2)[C@@H]1S(=O)(=O)c1ccccc1. The molecule has 0 unspecified atom stereocenters. The minimum atomic E-state index is -3.48. The molecule has 0 aromatic heterocycles. The van der Waals surface area contributed by atoms with E-state index in [1.807, 2.05) is 6.07 Å². The number of sulfone groups is 1. The van der Waals surface area contributed by atoms with E-state index >= 15 is 0 Å². The Morgan fingerprint density at radius 1 is 1.09 bits per heavy atom. The van der Waals surface area contributed by atoms with Crippen molar-refractivity contribution in [3.8, 4) is 0 Å². The molecule has 3 nitrogen and oxygen atoms in total. The van der Waals surface area contributed by atoms with E-state index < -0.39 is 15.1 Å². The first-order valence-electron chi connectivity index (χ1n) is 6.76. The van der Waals surface area contributed by atoms with Crippen molar-refractivity contribution in [3.05, 3.63) is 65.2 Å². The fourth-order valence-electron chi connectivity index (χ4n) is 2.89. The number of rotatable bonds is 4. The lowest BCUT2D eigenvalue weighted by molar-refractivity contribution is 0.593. The highest BCUT2D eigenvalue weighted by molar-refractivity contribution is 7.92. The largest absolute Gasteiger partial charge is 0.393 e. The van der Waals surface area contributed by atoms with Crippen molar-refractivity contribution in [1.29, 1.82) is 0 Å². The van der Waals surface area contributed by atoms with Gasteiger partial charge in [-0.1, -0.05) is 54.2 Å². The second-order valence-corrected chi connectivity index (χ2v) is 8.35. The third-order valence-electron chi connectivity index (χ3n) is 3.95. The molecule has 0 bridgehead atoms. The van der Waals surface area contributed by atoms with Crippen LogP contribution in [-0.4, -0.2) is 18.7 Å². The average molecular weight is 352 g/mol. The van der Waals surface area contributed by atoms with E-state index in [1.54, 1.807) is 48.5 Å². The van der Waals surface area contributed by atoms with E-state index in [9.17, 15) is 8.42 Å². The normalized spacial score (nSPS) is 24.0. The van der Waals surface area contributed by atoms with Crippen LogP contribution < -0.4 is 5.73 Å². The van der Waals surface area contributed by atoms with Crippen LogP contribution in [0.4, 0.5) is 0 Å². The maximum Gasteiger partial charge on any atom is 0.182 e. The molecule has 2 aromatic carbocycles. The molecule has 1 saturated carbocycles. The molecule has 2 N–H and O–H groups in total. The zero-order valence-corrected chi connectivity index (χ0v) is 13.9. The fraction of sp³-hybridized carbons (Fsp3) is 0.188. The van der Waals surface area contributed by atoms with Crippen molar-refractivity contribution in [2.75, 3.05) is 0 Å². The van der Waals surface area contributed by atoms with E-state index in [4.69, 9.17) is 29.6 Å². The fourth-order valence-corrected chi connectivity index (χ4v) is 5.64. The molecule has 6 heteroatoms. The molecule has 0 heterocycles. The number of hydrogen-bond donors (Lipinski definition) is 1. The minimum Gasteiger partial charge on any atom is -0.393 e. The third kappa shape index (κ3) is 2.64. The predicted molar refractivity (Wildman–Crippen MR) is 91.9 cm³/mol. The Kier molecular flexibility index (Phi) is 3.97. The molecular formula is C16H14ClNO2S2. The zero-order chi connectivity index (χ0) is 15.9. The summed E-state index contributed by atoms with van der Waals surface area (Å²) in [4.78, 5) is 0.528. The Labute approximate surface area is 140 Å². The van der Waals surface area contributed by atoms with Crippen molar-refractivity contribution < 1.29 is 8.42 Å². The Hall–Kier alpha value is -1.43. The van der Waals surface area contributed by atoms with Crippen LogP contribution in [-0.2, 0) is 9.84 Å². The van der Waals surface area contributed by atoms with Crippen molar-refractivity contribution >= 4 is 38.6 Å². The molecule has 1 aliphatic rings. The molecule has 22 heavy (non-hydrogen) atoms. The maximum atomic E-state index is 12.8. The van der Waals surface area contributed by atoms with Gasteiger partial charge in [-0.2, -0.15) is 0 Å². The van der Waals surface area contributed by atoms with Crippen LogP contribution in [0.2, 0.25) is 5.02 Å². The van der Waals surface area contributed by atoms with Gasteiger partial charge >= 0.3 is 0 Å². The Balaban J connectivity index is 2.01. The summed E-state index contributed by atoms with van der Waals surface area (Å²) >= 11 is 11.1. The van der Waals surface area contributed by atoms with Crippen LogP contribution in [0.5, 0.6) is 0 Å². The molecule has 3 rings (SSSR count). The first kappa shape index (κ1) is 15.5. The molecule has 0 radical (unpaired) electrons. The van der Waals surface area contributed by atoms with Crippen LogP contribution in [0.1, 0.15) is 11.5 Å². The molecule has 1 fully saturated rings. The molecule has 3 atom stereocenters.